The summed E-state index contributed by atoms with van der Waals surface area (Å²) in [5, 5.41) is 0.570. The number of hydrogen-bond donors (Lipinski definition) is 1. The summed E-state index contributed by atoms with van der Waals surface area (Å²) in [7, 11) is 1.58. The van der Waals surface area contributed by atoms with Crippen LogP contribution in [0.2, 0.25) is 0 Å². The second-order valence-electron chi connectivity index (χ2n) is 4.77. The summed E-state index contributed by atoms with van der Waals surface area (Å²) in [5.74, 6) is 0.980. The van der Waals surface area contributed by atoms with E-state index in [1.807, 2.05) is 0 Å². The van der Waals surface area contributed by atoms with E-state index >= 15 is 0 Å². The largest absolute Gasteiger partial charge is 0.497 e. The SMILES string of the molecule is COc1ccc(F)c(Cc2sc(N)nc2C2CC2)c1. The Bertz CT molecular complexity index is 607. The van der Waals surface area contributed by atoms with Crippen molar-refractivity contribution >= 4 is 16.5 Å². The van der Waals surface area contributed by atoms with Gasteiger partial charge in [-0.3, -0.25) is 0 Å². The van der Waals surface area contributed by atoms with Gasteiger partial charge in [-0.25, -0.2) is 9.37 Å². The quantitative estimate of drug-likeness (QED) is 0.933. The molecule has 5 heteroatoms. The second kappa shape index (κ2) is 4.81. The molecule has 0 saturated heterocycles. The number of anilines is 1. The van der Waals surface area contributed by atoms with Crippen LogP contribution in [0.15, 0.2) is 18.2 Å². The molecule has 0 atom stereocenters. The topological polar surface area (TPSA) is 48.1 Å². The van der Waals surface area contributed by atoms with E-state index in [-0.39, 0.29) is 5.82 Å². The van der Waals surface area contributed by atoms with Crippen molar-refractivity contribution in [2.75, 3.05) is 12.8 Å². The van der Waals surface area contributed by atoms with Crippen LogP contribution in [0, 0.1) is 5.82 Å². The molecule has 0 amide bonds. The summed E-state index contributed by atoms with van der Waals surface area (Å²) in [5.41, 5.74) is 7.47. The Morgan fingerprint density at radius 2 is 2.26 bits per heavy atom. The van der Waals surface area contributed by atoms with Crippen LogP contribution in [-0.4, -0.2) is 12.1 Å². The molecule has 1 heterocycles. The Morgan fingerprint density at radius 3 is 2.95 bits per heavy atom. The molecule has 0 bridgehead atoms. The van der Waals surface area contributed by atoms with Gasteiger partial charge >= 0.3 is 0 Å². The summed E-state index contributed by atoms with van der Waals surface area (Å²) in [6.45, 7) is 0. The van der Waals surface area contributed by atoms with Gasteiger partial charge < -0.3 is 10.5 Å². The number of halogens is 1. The first-order chi connectivity index (χ1) is 9.17. The number of rotatable bonds is 4. The van der Waals surface area contributed by atoms with Crippen molar-refractivity contribution in [2.24, 2.45) is 0 Å². The molecule has 1 aromatic heterocycles. The average Bonchev–Trinajstić information content (AvgIpc) is 3.17. The van der Waals surface area contributed by atoms with Crippen LogP contribution in [0.5, 0.6) is 5.75 Å². The van der Waals surface area contributed by atoms with Crippen molar-refractivity contribution < 1.29 is 9.13 Å². The molecular formula is C14H15FN2OS. The second-order valence-corrected chi connectivity index (χ2v) is 5.88. The van der Waals surface area contributed by atoms with E-state index in [0.717, 1.165) is 23.4 Å². The molecule has 1 fully saturated rings. The van der Waals surface area contributed by atoms with Gasteiger partial charge in [0.2, 0.25) is 0 Å². The van der Waals surface area contributed by atoms with E-state index in [2.05, 4.69) is 4.98 Å². The summed E-state index contributed by atoms with van der Waals surface area (Å²) >= 11 is 1.46. The normalized spacial score (nSPS) is 14.6. The molecule has 1 aromatic carbocycles. The minimum Gasteiger partial charge on any atom is -0.497 e. The highest BCUT2D eigenvalue weighted by Gasteiger charge is 2.29. The lowest BCUT2D eigenvalue weighted by Crippen LogP contribution is -1.95. The zero-order valence-electron chi connectivity index (χ0n) is 10.6. The number of nitrogens with two attached hydrogens (primary N) is 1. The number of nitrogen functional groups attached to an aromatic ring is 1. The maximum absolute atomic E-state index is 13.8. The summed E-state index contributed by atoms with van der Waals surface area (Å²) < 4.78 is 19.0. The van der Waals surface area contributed by atoms with Crippen LogP contribution in [0.4, 0.5) is 9.52 Å². The fourth-order valence-corrected chi connectivity index (χ4v) is 3.11. The maximum Gasteiger partial charge on any atom is 0.180 e. The Labute approximate surface area is 115 Å². The number of thiazole rings is 1. The smallest absolute Gasteiger partial charge is 0.180 e. The van der Waals surface area contributed by atoms with Crippen LogP contribution in [-0.2, 0) is 6.42 Å². The van der Waals surface area contributed by atoms with Gasteiger partial charge in [-0.2, -0.15) is 0 Å². The fourth-order valence-electron chi connectivity index (χ4n) is 2.17. The van der Waals surface area contributed by atoms with E-state index < -0.39 is 0 Å². The van der Waals surface area contributed by atoms with Gasteiger partial charge in [0, 0.05) is 17.2 Å². The molecule has 3 nitrogen and oxygen atoms in total. The van der Waals surface area contributed by atoms with Crippen molar-refractivity contribution in [1.82, 2.24) is 4.98 Å². The summed E-state index contributed by atoms with van der Waals surface area (Å²) in [6, 6.07) is 4.80. The fraction of sp³-hybridized carbons (Fsp3) is 0.357. The Hall–Kier alpha value is -1.62. The molecule has 2 aromatic rings. The summed E-state index contributed by atoms with van der Waals surface area (Å²) in [4.78, 5) is 5.46. The molecule has 0 radical (unpaired) electrons. The highest BCUT2D eigenvalue weighted by molar-refractivity contribution is 7.15. The highest BCUT2D eigenvalue weighted by atomic mass is 32.1. The van der Waals surface area contributed by atoms with Gasteiger partial charge in [0.15, 0.2) is 5.13 Å². The lowest BCUT2D eigenvalue weighted by Gasteiger charge is -2.06. The Kier molecular flexibility index (Phi) is 3.14. The zero-order valence-corrected chi connectivity index (χ0v) is 11.5. The molecular weight excluding hydrogens is 263 g/mol. The van der Waals surface area contributed by atoms with Gasteiger partial charge in [-0.1, -0.05) is 0 Å². The number of methoxy groups -OCH3 is 1. The van der Waals surface area contributed by atoms with Gasteiger partial charge in [0.1, 0.15) is 11.6 Å². The predicted octanol–water partition coefficient (Wildman–Crippen LogP) is 3.34. The van der Waals surface area contributed by atoms with Crippen molar-refractivity contribution in [2.45, 2.75) is 25.2 Å². The third kappa shape index (κ3) is 2.56. The minimum atomic E-state index is -0.213. The number of aromatic nitrogens is 1. The zero-order chi connectivity index (χ0) is 13.4. The summed E-state index contributed by atoms with van der Waals surface area (Å²) in [6.07, 6.45) is 2.86. The van der Waals surface area contributed by atoms with Crippen molar-refractivity contribution in [1.29, 1.82) is 0 Å². The van der Waals surface area contributed by atoms with E-state index in [9.17, 15) is 4.39 Å². The molecule has 19 heavy (non-hydrogen) atoms. The van der Waals surface area contributed by atoms with E-state index in [0.29, 0.717) is 28.8 Å². The van der Waals surface area contributed by atoms with Crippen LogP contribution < -0.4 is 10.5 Å². The highest BCUT2D eigenvalue weighted by Crippen LogP contribution is 2.43. The van der Waals surface area contributed by atoms with E-state index in [4.69, 9.17) is 10.5 Å². The lowest BCUT2D eigenvalue weighted by atomic mass is 10.1. The van der Waals surface area contributed by atoms with Gasteiger partial charge in [-0.05, 0) is 36.6 Å². The maximum atomic E-state index is 13.8. The number of hydrogen-bond acceptors (Lipinski definition) is 4. The third-order valence-corrected chi connectivity index (χ3v) is 4.21. The molecule has 2 N–H and O–H groups in total. The van der Waals surface area contributed by atoms with Gasteiger partial charge in [-0.15, -0.1) is 11.3 Å². The van der Waals surface area contributed by atoms with Crippen molar-refractivity contribution in [3.63, 3.8) is 0 Å². The molecule has 0 spiro atoms. The van der Waals surface area contributed by atoms with E-state index in [1.54, 1.807) is 19.2 Å². The van der Waals surface area contributed by atoms with Gasteiger partial charge in [0.25, 0.3) is 0 Å². The van der Waals surface area contributed by atoms with Crippen LogP contribution >= 0.6 is 11.3 Å². The molecule has 3 rings (SSSR count). The van der Waals surface area contributed by atoms with Gasteiger partial charge in [0.05, 0.1) is 12.8 Å². The van der Waals surface area contributed by atoms with E-state index in [1.165, 1.54) is 17.4 Å². The minimum absolute atomic E-state index is 0.213. The standard InChI is InChI=1S/C14H15FN2OS/c1-18-10-4-5-11(15)9(6-10)7-12-13(8-2-3-8)17-14(16)19-12/h4-6,8H,2-3,7H2,1H3,(H2,16,17). The average molecular weight is 278 g/mol. The lowest BCUT2D eigenvalue weighted by molar-refractivity contribution is 0.413. The van der Waals surface area contributed by atoms with Crippen LogP contribution in [0.25, 0.3) is 0 Å². The van der Waals surface area contributed by atoms with Crippen LogP contribution in [0.3, 0.4) is 0 Å². The molecule has 100 valence electrons. The molecule has 0 unspecified atom stereocenters. The third-order valence-electron chi connectivity index (χ3n) is 3.31. The molecule has 0 aliphatic heterocycles. The number of nitrogens with zero attached hydrogens (tertiary/aromatic N) is 1. The molecule has 1 aliphatic rings. The first-order valence-corrected chi connectivity index (χ1v) is 7.06. The molecule has 1 aliphatic carbocycles. The number of ether oxygens (including phenoxy) is 1. The van der Waals surface area contributed by atoms with Crippen molar-refractivity contribution in [3.05, 3.63) is 40.2 Å². The number of benzene rings is 1. The monoisotopic (exact) mass is 278 g/mol. The first kappa shape index (κ1) is 12.4. The Morgan fingerprint density at radius 1 is 1.47 bits per heavy atom. The predicted molar refractivity (Wildman–Crippen MR) is 74.3 cm³/mol. The van der Waals surface area contributed by atoms with Crippen LogP contribution in [0.1, 0.15) is 34.9 Å². The molecule has 1 saturated carbocycles. The first-order valence-electron chi connectivity index (χ1n) is 6.25. The van der Waals surface area contributed by atoms with Crippen molar-refractivity contribution in [3.8, 4) is 5.75 Å². The Balaban J connectivity index is 1.92.